The van der Waals surface area contributed by atoms with Crippen molar-refractivity contribution in [3.63, 3.8) is 0 Å². The number of nitrogens with one attached hydrogen (secondary N) is 3. The van der Waals surface area contributed by atoms with Gasteiger partial charge in [-0.2, -0.15) is 5.21 Å². The van der Waals surface area contributed by atoms with Gasteiger partial charge in [-0.05, 0) is 90.1 Å². The molecule has 0 aliphatic heterocycles. The van der Waals surface area contributed by atoms with Crippen LogP contribution in [-0.4, -0.2) is 49.4 Å². The zero-order valence-corrected chi connectivity index (χ0v) is 24.7. The third-order valence-electron chi connectivity index (χ3n) is 6.94. The second kappa shape index (κ2) is 13.7. The molecule has 15 heteroatoms. The number of hydrogen-bond donors (Lipinski definition) is 3. The van der Waals surface area contributed by atoms with Crippen LogP contribution in [0.5, 0.6) is 5.75 Å². The van der Waals surface area contributed by atoms with Crippen molar-refractivity contribution in [1.29, 1.82) is 0 Å². The zero-order chi connectivity index (χ0) is 32.0. The standard InChI is InChI=1S/C30H28F3N7O4S/c1-45(43)26-17-23(13-16-25(26)44-30(31,32)33)34-29(42)40(24-14-11-21(12-15-24)20-5-3-2-4-6-20)18-19-7-9-22(10-8-19)27(41)35-28-36-38-39-37-28/h5,7-17H,2-4,6,18H2,1H3,(H,34,42)(H2,35,36,37,38,39,41). The van der Waals surface area contributed by atoms with Gasteiger partial charge in [0.25, 0.3) is 11.9 Å². The van der Waals surface area contributed by atoms with Gasteiger partial charge in [0.05, 0.1) is 22.2 Å². The summed E-state index contributed by atoms with van der Waals surface area (Å²) >= 11 is 0. The van der Waals surface area contributed by atoms with Crippen molar-refractivity contribution in [3.8, 4) is 5.75 Å². The number of tetrazole rings is 1. The number of urea groups is 1. The van der Waals surface area contributed by atoms with Crippen LogP contribution in [-0.2, 0) is 17.3 Å². The maximum absolute atomic E-state index is 13.7. The minimum absolute atomic E-state index is 0.0208. The Kier molecular flexibility index (Phi) is 9.56. The number of nitrogens with zero attached hydrogens (tertiary/aromatic N) is 4. The summed E-state index contributed by atoms with van der Waals surface area (Å²) in [6, 6.07) is 16.9. The number of allylic oxidation sites excluding steroid dienone is 2. The van der Waals surface area contributed by atoms with Crippen molar-refractivity contribution in [2.24, 2.45) is 0 Å². The highest BCUT2D eigenvalue weighted by Gasteiger charge is 2.32. The van der Waals surface area contributed by atoms with E-state index in [0.29, 0.717) is 16.8 Å². The Bertz CT molecular complexity index is 1710. The molecule has 4 aromatic rings. The molecule has 0 radical (unpaired) electrons. The fourth-order valence-corrected chi connectivity index (χ4v) is 5.47. The number of aromatic amines is 1. The molecule has 0 saturated heterocycles. The van der Waals surface area contributed by atoms with Crippen molar-refractivity contribution in [3.05, 3.63) is 89.5 Å². The van der Waals surface area contributed by atoms with Gasteiger partial charge >= 0.3 is 12.4 Å². The lowest BCUT2D eigenvalue weighted by Gasteiger charge is -2.24. The third-order valence-corrected chi connectivity index (χ3v) is 7.88. The monoisotopic (exact) mass is 639 g/mol. The lowest BCUT2D eigenvalue weighted by Crippen LogP contribution is -2.34. The molecule has 0 fully saturated rings. The second-order valence-electron chi connectivity index (χ2n) is 10.1. The Hall–Kier alpha value is -5.05. The van der Waals surface area contributed by atoms with E-state index in [-0.39, 0.29) is 23.1 Å². The molecule has 0 bridgehead atoms. The summed E-state index contributed by atoms with van der Waals surface area (Å²) in [6.07, 6.45) is 2.73. The highest BCUT2D eigenvalue weighted by Crippen LogP contribution is 2.32. The minimum Gasteiger partial charge on any atom is -0.404 e. The van der Waals surface area contributed by atoms with E-state index < -0.39 is 34.8 Å². The fourth-order valence-electron chi connectivity index (χ4n) is 4.78. The zero-order valence-electron chi connectivity index (χ0n) is 23.9. The first kappa shape index (κ1) is 31.4. The average molecular weight is 640 g/mol. The first-order chi connectivity index (χ1) is 21.6. The molecule has 3 aromatic carbocycles. The number of alkyl halides is 3. The van der Waals surface area contributed by atoms with E-state index in [2.05, 4.69) is 42.1 Å². The van der Waals surface area contributed by atoms with E-state index in [4.69, 9.17) is 0 Å². The Morgan fingerprint density at radius 3 is 2.40 bits per heavy atom. The number of amides is 3. The molecule has 0 spiro atoms. The smallest absolute Gasteiger partial charge is 0.404 e. The average Bonchev–Trinajstić information content (AvgIpc) is 3.53. The molecule has 1 heterocycles. The molecule has 1 aliphatic carbocycles. The minimum atomic E-state index is -4.97. The van der Waals surface area contributed by atoms with Crippen LogP contribution < -0.4 is 20.3 Å². The van der Waals surface area contributed by atoms with E-state index in [0.717, 1.165) is 37.3 Å². The molecular weight excluding hydrogens is 611 g/mol. The van der Waals surface area contributed by atoms with E-state index >= 15 is 0 Å². The summed E-state index contributed by atoms with van der Waals surface area (Å²) in [7, 11) is -1.84. The predicted molar refractivity (Wildman–Crippen MR) is 162 cm³/mol. The first-order valence-corrected chi connectivity index (χ1v) is 15.4. The van der Waals surface area contributed by atoms with Gasteiger partial charge in [0.15, 0.2) is 0 Å². The number of carbonyl (C=O) groups is 2. The molecule has 234 valence electrons. The SMILES string of the molecule is CS(=O)c1cc(NC(=O)N(Cc2ccc(C(=O)Nc3nn[nH]n3)cc2)c2ccc(C3=CCCCC3)cc2)ccc1OC(F)(F)F. The van der Waals surface area contributed by atoms with Crippen molar-refractivity contribution < 1.29 is 31.7 Å². The van der Waals surface area contributed by atoms with Crippen molar-refractivity contribution in [2.45, 2.75) is 43.5 Å². The first-order valence-electron chi connectivity index (χ1n) is 13.8. The van der Waals surface area contributed by atoms with Crippen LogP contribution in [0.25, 0.3) is 5.57 Å². The number of halogens is 3. The Morgan fingerprint density at radius 2 is 1.78 bits per heavy atom. The van der Waals surface area contributed by atoms with Crippen LogP contribution in [0.15, 0.2) is 77.7 Å². The quantitative estimate of drug-likeness (QED) is 0.196. The van der Waals surface area contributed by atoms with Crippen LogP contribution >= 0.6 is 0 Å². The fraction of sp³-hybridized carbons (Fsp3) is 0.233. The molecule has 1 unspecified atom stereocenters. The molecule has 1 aromatic heterocycles. The molecule has 5 rings (SSSR count). The number of hydrogen-bond acceptors (Lipinski definition) is 7. The Balaban J connectivity index is 1.39. The molecule has 1 aliphatic rings. The summed E-state index contributed by atoms with van der Waals surface area (Å²) in [5.41, 5.74) is 4.01. The van der Waals surface area contributed by atoms with Crippen LogP contribution in [0.3, 0.4) is 0 Å². The van der Waals surface area contributed by atoms with Gasteiger partial charge in [-0.1, -0.05) is 35.4 Å². The Labute approximate surface area is 258 Å². The van der Waals surface area contributed by atoms with Crippen LogP contribution in [0, 0.1) is 0 Å². The maximum atomic E-state index is 13.7. The molecule has 1 atom stereocenters. The third kappa shape index (κ3) is 8.32. The van der Waals surface area contributed by atoms with Crippen LogP contribution in [0.4, 0.5) is 35.3 Å². The van der Waals surface area contributed by atoms with Gasteiger partial charge in [-0.25, -0.2) is 4.79 Å². The number of aromatic nitrogens is 4. The van der Waals surface area contributed by atoms with Crippen LogP contribution in [0.2, 0.25) is 0 Å². The summed E-state index contributed by atoms with van der Waals surface area (Å²) in [5.74, 6) is -1.05. The van der Waals surface area contributed by atoms with Gasteiger partial charge in [0, 0.05) is 23.2 Å². The lowest BCUT2D eigenvalue weighted by atomic mass is 9.93. The topological polar surface area (TPSA) is 142 Å². The number of carbonyl (C=O) groups excluding carboxylic acids is 2. The van der Waals surface area contributed by atoms with Crippen molar-refractivity contribution in [2.75, 3.05) is 21.8 Å². The number of benzene rings is 3. The van der Waals surface area contributed by atoms with Gasteiger partial charge < -0.3 is 10.1 Å². The summed E-state index contributed by atoms with van der Waals surface area (Å²) < 4.78 is 54.8. The van der Waals surface area contributed by atoms with Crippen molar-refractivity contribution in [1.82, 2.24) is 20.6 Å². The van der Waals surface area contributed by atoms with Gasteiger partial charge in [0.1, 0.15) is 5.75 Å². The summed E-state index contributed by atoms with van der Waals surface area (Å²) in [5, 5.41) is 18.2. The molecular formula is C30H28F3N7O4S. The van der Waals surface area contributed by atoms with E-state index in [9.17, 15) is 27.0 Å². The van der Waals surface area contributed by atoms with E-state index in [1.54, 1.807) is 24.3 Å². The lowest BCUT2D eigenvalue weighted by molar-refractivity contribution is -0.275. The number of H-pyrrole nitrogens is 1. The highest BCUT2D eigenvalue weighted by atomic mass is 32.2. The molecule has 45 heavy (non-hydrogen) atoms. The second-order valence-corrected chi connectivity index (χ2v) is 11.4. The number of rotatable bonds is 9. The molecule has 0 saturated carbocycles. The summed E-state index contributed by atoms with van der Waals surface area (Å²) in [4.78, 5) is 27.4. The molecule has 3 N–H and O–H groups in total. The van der Waals surface area contributed by atoms with Gasteiger partial charge in [-0.15, -0.1) is 18.3 Å². The normalized spacial score (nSPS) is 13.8. The number of ether oxygens (including phenoxy) is 1. The van der Waals surface area contributed by atoms with Crippen molar-refractivity contribution >= 4 is 45.6 Å². The van der Waals surface area contributed by atoms with E-state index in [1.165, 1.54) is 28.9 Å². The van der Waals surface area contributed by atoms with Gasteiger partial charge in [0.2, 0.25) is 0 Å². The maximum Gasteiger partial charge on any atom is 0.573 e. The molecule has 3 amide bonds. The summed E-state index contributed by atoms with van der Waals surface area (Å²) in [6.45, 7) is 0.0858. The largest absolute Gasteiger partial charge is 0.573 e. The van der Waals surface area contributed by atoms with Crippen LogP contribution in [0.1, 0.15) is 47.2 Å². The van der Waals surface area contributed by atoms with Gasteiger partial charge in [-0.3, -0.25) is 19.2 Å². The number of anilines is 3. The Morgan fingerprint density at radius 1 is 1.02 bits per heavy atom. The molecule has 11 nitrogen and oxygen atoms in total. The van der Waals surface area contributed by atoms with E-state index in [1.807, 2.05) is 24.3 Å². The predicted octanol–water partition coefficient (Wildman–Crippen LogP) is 6.28. The highest BCUT2D eigenvalue weighted by molar-refractivity contribution is 7.84.